The number of hydrogen-bond donors (Lipinski definition) is 2. The number of nitrogens with one attached hydrogen (secondary N) is 1. The van der Waals surface area contributed by atoms with Crippen molar-refractivity contribution in [3.8, 4) is 5.75 Å². The molecular formula is C15H21IN2O2. The van der Waals surface area contributed by atoms with Crippen molar-refractivity contribution in [3.63, 3.8) is 0 Å². The predicted molar refractivity (Wildman–Crippen MR) is 88.0 cm³/mol. The van der Waals surface area contributed by atoms with Gasteiger partial charge in [0.25, 0.3) is 5.91 Å². The van der Waals surface area contributed by atoms with Crippen LogP contribution in [0, 0.1) is 9.49 Å². The first-order valence-electron chi connectivity index (χ1n) is 7.04. The molecule has 1 aliphatic heterocycles. The van der Waals surface area contributed by atoms with Gasteiger partial charge in [-0.1, -0.05) is 0 Å². The van der Waals surface area contributed by atoms with Crippen LogP contribution in [0.2, 0.25) is 0 Å². The lowest BCUT2D eigenvalue weighted by Gasteiger charge is -2.32. The number of benzene rings is 1. The van der Waals surface area contributed by atoms with Crippen molar-refractivity contribution in [3.05, 3.63) is 27.3 Å². The SMILES string of the molecule is CNCCC1CCN(C(=O)c2ccc(I)c(O)c2)CC1. The largest absolute Gasteiger partial charge is 0.507 e. The van der Waals surface area contributed by atoms with Crippen LogP contribution in [0.4, 0.5) is 0 Å². The molecule has 0 radical (unpaired) electrons. The van der Waals surface area contributed by atoms with Crippen molar-refractivity contribution in [2.45, 2.75) is 19.3 Å². The monoisotopic (exact) mass is 388 g/mol. The van der Waals surface area contributed by atoms with E-state index in [2.05, 4.69) is 27.9 Å². The summed E-state index contributed by atoms with van der Waals surface area (Å²) in [5.41, 5.74) is 0.580. The molecule has 0 spiro atoms. The molecule has 1 amide bonds. The zero-order valence-electron chi connectivity index (χ0n) is 11.7. The molecule has 1 aromatic rings. The Morgan fingerprint density at radius 3 is 2.75 bits per heavy atom. The van der Waals surface area contributed by atoms with Gasteiger partial charge < -0.3 is 15.3 Å². The van der Waals surface area contributed by atoms with Crippen molar-refractivity contribution in [2.75, 3.05) is 26.7 Å². The third-order valence-corrected chi connectivity index (χ3v) is 4.81. The molecule has 20 heavy (non-hydrogen) atoms. The van der Waals surface area contributed by atoms with Crippen LogP contribution in [0.15, 0.2) is 18.2 Å². The van der Waals surface area contributed by atoms with E-state index in [1.54, 1.807) is 18.2 Å². The molecular weight excluding hydrogens is 367 g/mol. The highest BCUT2D eigenvalue weighted by molar-refractivity contribution is 14.1. The lowest BCUT2D eigenvalue weighted by molar-refractivity contribution is 0.0686. The number of halogens is 1. The average molecular weight is 388 g/mol. The maximum absolute atomic E-state index is 12.4. The summed E-state index contributed by atoms with van der Waals surface area (Å²) in [4.78, 5) is 14.3. The summed E-state index contributed by atoms with van der Waals surface area (Å²) in [6.07, 6.45) is 3.33. The molecule has 1 aliphatic rings. The molecule has 0 saturated carbocycles. The van der Waals surface area contributed by atoms with E-state index in [-0.39, 0.29) is 11.7 Å². The van der Waals surface area contributed by atoms with Crippen LogP contribution in [0.3, 0.4) is 0 Å². The maximum atomic E-state index is 12.4. The molecule has 0 unspecified atom stereocenters. The first-order valence-corrected chi connectivity index (χ1v) is 8.12. The summed E-state index contributed by atoms with van der Waals surface area (Å²) in [5, 5.41) is 12.9. The van der Waals surface area contributed by atoms with E-state index in [1.165, 1.54) is 6.42 Å². The van der Waals surface area contributed by atoms with Crippen molar-refractivity contribution in [1.29, 1.82) is 0 Å². The molecule has 110 valence electrons. The lowest BCUT2D eigenvalue weighted by Crippen LogP contribution is -2.38. The Labute approximate surface area is 133 Å². The van der Waals surface area contributed by atoms with Crippen LogP contribution in [-0.2, 0) is 0 Å². The third kappa shape index (κ3) is 3.85. The van der Waals surface area contributed by atoms with E-state index in [9.17, 15) is 9.90 Å². The van der Waals surface area contributed by atoms with Crippen LogP contribution >= 0.6 is 22.6 Å². The van der Waals surface area contributed by atoms with Gasteiger partial charge in [0.1, 0.15) is 5.75 Å². The highest BCUT2D eigenvalue weighted by Crippen LogP contribution is 2.24. The van der Waals surface area contributed by atoms with E-state index < -0.39 is 0 Å². The number of amides is 1. The number of phenolic OH excluding ortho intramolecular Hbond substituents is 1. The fourth-order valence-electron chi connectivity index (χ4n) is 2.60. The topological polar surface area (TPSA) is 52.6 Å². The van der Waals surface area contributed by atoms with Crippen LogP contribution in [0.5, 0.6) is 5.75 Å². The summed E-state index contributed by atoms with van der Waals surface area (Å²) >= 11 is 2.05. The summed E-state index contributed by atoms with van der Waals surface area (Å²) in [7, 11) is 1.97. The van der Waals surface area contributed by atoms with Crippen LogP contribution < -0.4 is 5.32 Å². The van der Waals surface area contributed by atoms with Gasteiger partial charge in [0.2, 0.25) is 0 Å². The van der Waals surface area contributed by atoms with Crippen LogP contribution in [0.1, 0.15) is 29.6 Å². The average Bonchev–Trinajstić information content (AvgIpc) is 2.48. The number of phenols is 1. The first kappa shape index (κ1) is 15.6. The minimum Gasteiger partial charge on any atom is -0.507 e. The first-order chi connectivity index (χ1) is 9.61. The third-order valence-electron chi connectivity index (χ3n) is 3.90. The molecule has 5 heteroatoms. The Bertz CT molecular complexity index is 471. The van der Waals surface area contributed by atoms with E-state index >= 15 is 0 Å². The fraction of sp³-hybridized carbons (Fsp3) is 0.533. The Morgan fingerprint density at radius 2 is 2.15 bits per heavy atom. The van der Waals surface area contributed by atoms with Gasteiger partial charge in [-0.05, 0) is 79.6 Å². The molecule has 1 heterocycles. The van der Waals surface area contributed by atoms with Gasteiger partial charge in [-0.15, -0.1) is 0 Å². The fourth-order valence-corrected chi connectivity index (χ4v) is 2.94. The molecule has 2 rings (SSSR count). The summed E-state index contributed by atoms with van der Waals surface area (Å²) < 4.78 is 0.768. The van der Waals surface area contributed by atoms with Gasteiger partial charge in [-0.2, -0.15) is 0 Å². The summed E-state index contributed by atoms with van der Waals surface area (Å²) in [6, 6.07) is 5.14. The standard InChI is InChI=1S/C15H21IN2O2/c1-17-7-4-11-5-8-18(9-6-11)15(20)12-2-3-13(16)14(19)10-12/h2-3,10-11,17,19H,4-9H2,1H3. The highest BCUT2D eigenvalue weighted by atomic mass is 127. The maximum Gasteiger partial charge on any atom is 0.253 e. The van der Waals surface area contributed by atoms with Crippen LogP contribution in [-0.4, -0.2) is 42.6 Å². The Balaban J connectivity index is 1.92. The second-order valence-electron chi connectivity index (χ2n) is 5.29. The Hall–Kier alpha value is -0.820. The smallest absolute Gasteiger partial charge is 0.253 e. The summed E-state index contributed by atoms with van der Waals surface area (Å²) in [6.45, 7) is 2.68. The minimum absolute atomic E-state index is 0.0313. The van der Waals surface area contributed by atoms with Crippen molar-refractivity contribution < 1.29 is 9.90 Å². The molecule has 4 nitrogen and oxygen atoms in total. The lowest BCUT2D eigenvalue weighted by atomic mass is 9.93. The number of likely N-dealkylation sites (tertiary alicyclic amines) is 1. The highest BCUT2D eigenvalue weighted by Gasteiger charge is 2.23. The van der Waals surface area contributed by atoms with E-state index in [4.69, 9.17) is 0 Å². The Morgan fingerprint density at radius 1 is 1.45 bits per heavy atom. The number of rotatable bonds is 4. The van der Waals surface area contributed by atoms with Crippen molar-refractivity contribution in [2.24, 2.45) is 5.92 Å². The number of carbonyl (C=O) groups is 1. The minimum atomic E-state index is 0.0313. The molecule has 0 atom stereocenters. The number of carbonyl (C=O) groups excluding carboxylic acids is 1. The van der Waals surface area contributed by atoms with Gasteiger partial charge in [-0.3, -0.25) is 4.79 Å². The van der Waals surface area contributed by atoms with Crippen LogP contribution in [0.25, 0.3) is 0 Å². The number of hydrogen-bond acceptors (Lipinski definition) is 3. The molecule has 0 aromatic heterocycles. The van der Waals surface area contributed by atoms with Gasteiger partial charge in [0.05, 0.1) is 3.57 Å². The molecule has 2 N–H and O–H groups in total. The van der Waals surface area contributed by atoms with E-state index in [0.717, 1.165) is 42.0 Å². The zero-order valence-corrected chi connectivity index (χ0v) is 13.9. The van der Waals surface area contributed by atoms with Gasteiger partial charge in [-0.25, -0.2) is 0 Å². The normalized spacial score (nSPS) is 16.4. The van der Waals surface area contributed by atoms with Gasteiger partial charge in [0, 0.05) is 18.7 Å². The number of piperidine rings is 1. The molecule has 0 aliphatic carbocycles. The second-order valence-corrected chi connectivity index (χ2v) is 6.46. The van der Waals surface area contributed by atoms with E-state index in [0.29, 0.717) is 5.56 Å². The number of nitrogens with zero attached hydrogens (tertiary/aromatic N) is 1. The van der Waals surface area contributed by atoms with Crippen molar-refractivity contribution in [1.82, 2.24) is 10.2 Å². The van der Waals surface area contributed by atoms with Gasteiger partial charge in [0.15, 0.2) is 0 Å². The quantitative estimate of drug-likeness (QED) is 0.780. The molecule has 1 aromatic carbocycles. The predicted octanol–water partition coefficient (Wildman–Crippen LogP) is 2.46. The van der Waals surface area contributed by atoms with Crippen molar-refractivity contribution >= 4 is 28.5 Å². The second kappa shape index (κ2) is 7.26. The summed E-state index contributed by atoms with van der Waals surface area (Å²) in [5.74, 6) is 0.931. The molecule has 0 bridgehead atoms. The molecule has 1 saturated heterocycles. The van der Waals surface area contributed by atoms with E-state index in [1.807, 2.05) is 11.9 Å². The number of aromatic hydroxyl groups is 1. The Kier molecular flexibility index (Phi) is 5.65. The van der Waals surface area contributed by atoms with Gasteiger partial charge >= 0.3 is 0 Å². The molecule has 1 fully saturated rings. The zero-order chi connectivity index (χ0) is 14.5.